The molecular formula is C14H18N4O. The van der Waals surface area contributed by atoms with E-state index in [0.29, 0.717) is 12.2 Å². The van der Waals surface area contributed by atoms with E-state index in [1.807, 2.05) is 44.2 Å². The van der Waals surface area contributed by atoms with E-state index in [-0.39, 0.29) is 11.9 Å². The van der Waals surface area contributed by atoms with Gasteiger partial charge in [-0.25, -0.2) is 0 Å². The maximum Gasteiger partial charge on any atom is 0.276 e. The van der Waals surface area contributed by atoms with Crippen LogP contribution in [-0.2, 0) is 13.6 Å². The van der Waals surface area contributed by atoms with Crippen LogP contribution >= 0.6 is 0 Å². The molecule has 0 bridgehead atoms. The van der Waals surface area contributed by atoms with Gasteiger partial charge in [0, 0.05) is 19.6 Å². The Labute approximate surface area is 112 Å². The van der Waals surface area contributed by atoms with Crippen molar-refractivity contribution in [2.45, 2.75) is 26.4 Å². The fourth-order valence-corrected chi connectivity index (χ4v) is 1.86. The quantitative estimate of drug-likeness (QED) is 0.841. The zero-order valence-corrected chi connectivity index (χ0v) is 11.4. The predicted molar refractivity (Wildman–Crippen MR) is 72.5 cm³/mol. The highest BCUT2D eigenvalue weighted by Crippen LogP contribution is 2.11. The number of benzene rings is 1. The lowest BCUT2D eigenvalue weighted by atomic mass is 10.2. The third kappa shape index (κ3) is 3.19. The van der Waals surface area contributed by atoms with Gasteiger partial charge in [0.05, 0.1) is 6.20 Å². The van der Waals surface area contributed by atoms with Crippen LogP contribution < -0.4 is 0 Å². The first kappa shape index (κ1) is 13.3. The molecule has 5 heteroatoms. The SMILES string of the molecule is CC(C)N(Cc1ccccc1)C(=O)c1cnn(C)n1. The average molecular weight is 258 g/mol. The molecule has 0 radical (unpaired) electrons. The molecule has 0 spiro atoms. The Balaban J connectivity index is 2.19. The van der Waals surface area contributed by atoms with Crippen molar-refractivity contribution >= 4 is 5.91 Å². The molecule has 1 amide bonds. The van der Waals surface area contributed by atoms with Gasteiger partial charge in [-0.3, -0.25) is 4.79 Å². The number of aryl methyl sites for hydroxylation is 1. The molecule has 1 heterocycles. The first-order valence-corrected chi connectivity index (χ1v) is 6.29. The van der Waals surface area contributed by atoms with Crippen molar-refractivity contribution in [3.05, 3.63) is 47.8 Å². The van der Waals surface area contributed by atoms with E-state index >= 15 is 0 Å². The zero-order chi connectivity index (χ0) is 13.8. The van der Waals surface area contributed by atoms with Crippen LogP contribution in [0.5, 0.6) is 0 Å². The molecule has 2 rings (SSSR count). The molecular weight excluding hydrogens is 240 g/mol. The molecule has 0 aliphatic heterocycles. The number of carbonyl (C=O) groups excluding carboxylic acids is 1. The summed E-state index contributed by atoms with van der Waals surface area (Å²) in [4.78, 5) is 15.6. The monoisotopic (exact) mass is 258 g/mol. The normalized spacial score (nSPS) is 10.7. The third-order valence-corrected chi connectivity index (χ3v) is 2.90. The molecule has 0 fully saturated rings. The van der Waals surface area contributed by atoms with Gasteiger partial charge < -0.3 is 4.90 Å². The van der Waals surface area contributed by atoms with E-state index in [1.165, 1.54) is 11.0 Å². The van der Waals surface area contributed by atoms with Crippen LogP contribution in [0.3, 0.4) is 0 Å². The summed E-state index contributed by atoms with van der Waals surface area (Å²) in [5.74, 6) is -0.0908. The number of hydrogen-bond acceptors (Lipinski definition) is 3. The molecule has 1 aromatic heterocycles. The van der Waals surface area contributed by atoms with Gasteiger partial charge in [0.1, 0.15) is 0 Å². The van der Waals surface area contributed by atoms with E-state index in [0.717, 1.165) is 5.56 Å². The summed E-state index contributed by atoms with van der Waals surface area (Å²) in [5.41, 5.74) is 1.49. The van der Waals surface area contributed by atoms with E-state index in [1.54, 1.807) is 11.9 Å². The van der Waals surface area contributed by atoms with Crippen molar-refractivity contribution < 1.29 is 4.79 Å². The highest BCUT2D eigenvalue weighted by Gasteiger charge is 2.21. The third-order valence-electron chi connectivity index (χ3n) is 2.90. The van der Waals surface area contributed by atoms with Gasteiger partial charge in [-0.15, -0.1) is 5.10 Å². The van der Waals surface area contributed by atoms with Gasteiger partial charge in [0.25, 0.3) is 5.91 Å². The van der Waals surface area contributed by atoms with Gasteiger partial charge in [-0.2, -0.15) is 9.90 Å². The Hall–Kier alpha value is -2.17. The summed E-state index contributed by atoms with van der Waals surface area (Å²) in [7, 11) is 1.70. The van der Waals surface area contributed by atoms with Crippen LogP contribution in [0.4, 0.5) is 0 Å². The van der Waals surface area contributed by atoms with Gasteiger partial charge in [0.2, 0.25) is 0 Å². The Morgan fingerprint density at radius 2 is 2.00 bits per heavy atom. The van der Waals surface area contributed by atoms with Crippen molar-refractivity contribution in [1.82, 2.24) is 19.9 Å². The molecule has 0 aliphatic carbocycles. The van der Waals surface area contributed by atoms with Gasteiger partial charge >= 0.3 is 0 Å². The van der Waals surface area contributed by atoms with E-state index in [2.05, 4.69) is 10.2 Å². The second-order valence-electron chi connectivity index (χ2n) is 4.73. The molecule has 19 heavy (non-hydrogen) atoms. The van der Waals surface area contributed by atoms with Crippen LogP contribution in [0.15, 0.2) is 36.5 Å². The number of nitrogens with zero attached hydrogens (tertiary/aromatic N) is 4. The fourth-order valence-electron chi connectivity index (χ4n) is 1.86. The Bertz CT molecular complexity index is 548. The smallest absolute Gasteiger partial charge is 0.276 e. The lowest BCUT2D eigenvalue weighted by Crippen LogP contribution is -2.36. The molecule has 100 valence electrons. The van der Waals surface area contributed by atoms with Gasteiger partial charge in [-0.05, 0) is 19.4 Å². The molecule has 1 aromatic carbocycles. The van der Waals surface area contributed by atoms with Crippen molar-refractivity contribution in [3.63, 3.8) is 0 Å². The zero-order valence-electron chi connectivity index (χ0n) is 11.4. The summed E-state index contributed by atoms with van der Waals surface area (Å²) < 4.78 is 0. The average Bonchev–Trinajstić information content (AvgIpc) is 2.83. The molecule has 0 aliphatic rings. The summed E-state index contributed by atoms with van der Waals surface area (Å²) in [5, 5.41) is 8.01. The summed E-state index contributed by atoms with van der Waals surface area (Å²) in [6, 6.07) is 10.0. The molecule has 0 saturated heterocycles. The fraction of sp³-hybridized carbons (Fsp3) is 0.357. The molecule has 0 atom stereocenters. The number of aromatic nitrogens is 3. The number of carbonyl (C=O) groups is 1. The predicted octanol–water partition coefficient (Wildman–Crippen LogP) is 1.87. The van der Waals surface area contributed by atoms with Crippen LogP contribution in [0, 0.1) is 0 Å². The highest BCUT2D eigenvalue weighted by molar-refractivity contribution is 5.92. The van der Waals surface area contributed by atoms with E-state index < -0.39 is 0 Å². The van der Waals surface area contributed by atoms with Gasteiger partial charge in [0.15, 0.2) is 5.69 Å². The first-order valence-electron chi connectivity index (χ1n) is 6.29. The Morgan fingerprint density at radius 3 is 2.53 bits per heavy atom. The van der Waals surface area contributed by atoms with Crippen molar-refractivity contribution in [2.75, 3.05) is 0 Å². The number of amides is 1. The minimum Gasteiger partial charge on any atom is -0.330 e. The second-order valence-corrected chi connectivity index (χ2v) is 4.73. The molecule has 2 aromatic rings. The van der Waals surface area contributed by atoms with Crippen LogP contribution in [0.25, 0.3) is 0 Å². The summed E-state index contributed by atoms with van der Waals surface area (Å²) >= 11 is 0. The van der Waals surface area contributed by atoms with Crippen molar-refractivity contribution in [2.24, 2.45) is 7.05 Å². The van der Waals surface area contributed by atoms with E-state index in [4.69, 9.17) is 0 Å². The van der Waals surface area contributed by atoms with Crippen molar-refractivity contribution in [3.8, 4) is 0 Å². The Morgan fingerprint density at radius 1 is 1.32 bits per heavy atom. The van der Waals surface area contributed by atoms with Crippen LogP contribution in [-0.4, -0.2) is 31.8 Å². The summed E-state index contributed by atoms with van der Waals surface area (Å²) in [6.45, 7) is 4.57. The molecule has 0 saturated carbocycles. The first-order chi connectivity index (χ1) is 9.08. The largest absolute Gasteiger partial charge is 0.330 e. The van der Waals surface area contributed by atoms with Crippen LogP contribution in [0.2, 0.25) is 0 Å². The standard InChI is InChI=1S/C14H18N4O/c1-11(2)18(10-12-7-5-4-6-8-12)14(19)13-9-15-17(3)16-13/h4-9,11H,10H2,1-3H3. The Kier molecular flexibility index (Phi) is 3.94. The molecule has 5 nitrogen and oxygen atoms in total. The number of hydrogen-bond donors (Lipinski definition) is 0. The lowest BCUT2D eigenvalue weighted by Gasteiger charge is -2.26. The number of rotatable bonds is 4. The van der Waals surface area contributed by atoms with Gasteiger partial charge in [-0.1, -0.05) is 30.3 Å². The maximum atomic E-state index is 12.4. The molecule has 0 unspecified atom stereocenters. The summed E-state index contributed by atoms with van der Waals surface area (Å²) in [6.07, 6.45) is 1.50. The van der Waals surface area contributed by atoms with Crippen LogP contribution in [0.1, 0.15) is 29.9 Å². The highest BCUT2D eigenvalue weighted by atomic mass is 16.2. The minimum absolute atomic E-state index is 0.0908. The lowest BCUT2D eigenvalue weighted by molar-refractivity contribution is 0.0683. The maximum absolute atomic E-state index is 12.4. The topological polar surface area (TPSA) is 51.0 Å². The molecule has 0 N–H and O–H groups in total. The van der Waals surface area contributed by atoms with E-state index in [9.17, 15) is 4.79 Å². The van der Waals surface area contributed by atoms with Crippen molar-refractivity contribution in [1.29, 1.82) is 0 Å². The second kappa shape index (κ2) is 5.65. The minimum atomic E-state index is -0.0908.